The first-order chi connectivity index (χ1) is 29.0. The van der Waals surface area contributed by atoms with Crippen LogP contribution in [0.5, 0.6) is 0 Å². The molecular formula is C57H42N2. The highest BCUT2D eigenvalue weighted by molar-refractivity contribution is 6.10. The maximum absolute atomic E-state index is 2.45. The Morgan fingerprint density at radius 2 is 0.898 bits per heavy atom. The molecule has 1 heterocycles. The third kappa shape index (κ3) is 5.79. The number of fused-ring (bicyclic) bond motifs is 6. The van der Waals surface area contributed by atoms with Crippen LogP contribution in [0, 0.1) is 0 Å². The molecule has 280 valence electrons. The van der Waals surface area contributed by atoms with Gasteiger partial charge in [0.25, 0.3) is 0 Å². The molecule has 0 saturated carbocycles. The van der Waals surface area contributed by atoms with Gasteiger partial charge in [-0.15, -0.1) is 0 Å². The Morgan fingerprint density at radius 3 is 1.64 bits per heavy atom. The maximum Gasteiger partial charge on any atom is 0.0541 e. The summed E-state index contributed by atoms with van der Waals surface area (Å²) in [5.74, 6) is 0. The minimum absolute atomic E-state index is 0.231. The van der Waals surface area contributed by atoms with E-state index in [2.05, 4.69) is 242 Å². The first-order valence-corrected chi connectivity index (χ1v) is 20.5. The fourth-order valence-corrected chi connectivity index (χ4v) is 9.44. The van der Waals surface area contributed by atoms with E-state index in [0.717, 1.165) is 17.1 Å². The number of aromatic nitrogens is 1. The zero-order valence-electron chi connectivity index (χ0n) is 33.2. The van der Waals surface area contributed by atoms with Crippen molar-refractivity contribution in [1.82, 2.24) is 4.57 Å². The Hall–Kier alpha value is -7.42. The molecule has 0 amide bonds. The highest BCUT2D eigenvalue weighted by Crippen LogP contribution is 2.52. The van der Waals surface area contributed by atoms with E-state index >= 15 is 0 Å². The van der Waals surface area contributed by atoms with Crippen molar-refractivity contribution in [2.45, 2.75) is 19.3 Å². The van der Waals surface area contributed by atoms with Gasteiger partial charge in [0.1, 0.15) is 0 Å². The molecule has 0 atom stereocenters. The van der Waals surface area contributed by atoms with E-state index in [1.165, 1.54) is 83.1 Å². The van der Waals surface area contributed by atoms with Crippen molar-refractivity contribution in [3.63, 3.8) is 0 Å². The van der Waals surface area contributed by atoms with Gasteiger partial charge in [-0.3, -0.25) is 0 Å². The van der Waals surface area contributed by atoms with Crippen LogP contribution in [-0.4, -0.2) is 4.57 Å². The average Bonchev–Trinajstić information content (AvgIpc) is 3.75. The Morgan fingerprint density at radius 1 is 0.356 bits per heavy atom. The molecule has 2 heteroatoms. The second kappa shape index (κ2) is 13.9. The molecule has 0 bridgehead atoms. The van der Waals surface area contributed by atoms with Crippen molar-refractivity contribution in [1.29, 1.82) is 0 Å². The van der Waals surface area contributed by atoms with Crippen LogP contribution in [0.1, 0.15) is 25.0 Å². The predicted octanol–water partition coefficient (Wildman–Crippen LogP) is 15.6. The molecule has 0 N–H and O–H groups in total. The SMILES string of the molecule is CC1(C)c2cc(N(c3ccccc3)c3ccccc3-c3ccc(-c4ccccc4)cc3)ccc2-c2ccc(-n3c4ccccc4c4cc(-c5ccccc5)ccc43)cc21. The van der Waals surface area contributed by atoms with E-state index in [4.69, 9.17) is 0 Å². The van der Waals surface area contributed by atoms with E-state index in [9.17, 15) is 0 Å². The third-order valence-electron chi connectivity index (χ3n) is 12.4. The molecule has 11 rings (SSSR count). The Bertz CT molecular complexity index is 3160. The van der Waals surface area contributed by atoms with Gasteiger partial charge >= 0.3 is 0 Å². The molecule has 1 aromatic heterocycles. The second-order valence-electron chi connectivity index (χ2n) is 16.2. The van der Waals surface area contributed by atoms with Crippen molar-refractivity contribution in [2.75, 3.05) is 4.90 Å². The zero-order valence-corrected chi connectivity index (χ0v) is 33.2. The van der Waals surface area contributed by atoms with Gasteiger partial charge in [-0.2, -0.15) is 0 Å². The normalized spacial score (nSPS) is 12.7. The van der Waals surface area contributed by atoms with Crippen LogP contribution in [0.15, 0.2) is 218 Å². The van der Waals surface area contributed by atoms with Crippen LogP contribution in [0.25, 0.3) is 72.0 Å². The number of anilines is 3. The highest BCUT2D eigenvalue weighted by atomic mass is 15.1. The molecule has 0 saturated heterocycles. The monoisotopic (exact) mass is 754 g/mol. The van der Waals surface area contributed by atoms with E-state index in [0.29, 0.717) is 0 Å². The fourth-order valence-electron chi connectivity index (χ4n) is 9.44. The van der Waals surface area contributed by atoms with Crippen LogP contribution >= 0.6 is 0 Å². The summed E-state index contributed by atoms with van der Waals surface area (Å²) in [6.45, 7) is 4.77. The number of para-hydroxylation sites is 3. The number of hydrogen-bond donors (Lipinski definition) is 0. The van der Waals surface area contributed by atoms with Gasteiger partial charge in [-0.25, -0.2) is 0 Å². The summed E-state index contributed by atoms with van der Waals surface area (Å²) in [4.78, 5) is 2.42. The average molecular weight is 755 g/mol. The Balaban J connectivity index is 1.01. The summed E-state index contributed by atoms with van der Waals surface area (Å²) in [7, 11) is 0. The van der Waals surface area contributed by atoms with Crippen molar-refractivity contribution >= 4 is 38.9 Å². The lowest BCUT2D eigenvalue weighted by atomic mass is 9.82. The predicted molar refractivity (Wildman–Crippen MR) is 249 cm³/mol. The van der Waals surface area contributed by atoms with E-state index in [1.807, 2.05) is 0 Å². The molecule has 59 heavy (non-hydrogen) atoms. The first-order valence-electron chi connectivity index (χ1n) is 20.5. The molecule has 0 unspecified atom stereocenters. The topological polar surface area (TPSA) is 8.17 Å². The summed E-state index contributed by atoms with van der Waals surface area (Å²) < 4.78 is 2.45. The van der Waals surface area contributed by atoms with Crippen molar-refractivity contribution in [3.8, 4) is 50.2 Å². The zero-order chi connectivity index (χ0) is 39.5. The number of hydrogen-bond acceptors (Lipinski definition) is 1. The third-order valence-corrected chi connectivity index (χ3v) is 12.4. The second-order valence-corrected chi connectivity index (χ2v) is 16.2. The van der Waals surface area contributed by atoms with Crippen LogP contribution in [0.2, 0.25) is 0 Å². The number of benzene rings is 9. The molecule has 0 spiro atoms. The maximum atomic E-state index is 2.45. The lowest BCUT2D eigenvalue weighted by molar-refractivity contribution is 0.660. The van der Waals surface area contributed by atoms with Gasteiger partial charge in [0.05, 0.1) is 16.7 Å². The first kappa shape index (κ1) is 34.8. The summed E-state index contributed by atoms with van der Waals surface area (Å²) in [6.07, 6.45) is 0. The van der Waals surface area contributed by atoms with E-state index in [-0.39, 0.29) is 5.41 Å². The number of rotatable bonds is 7. The summed E-state index contributed by atoms with van der Waals surface area (Å²) in [5, 5.41) is 2.53. The van der Waals surface area contributed by atoms with Crippen LogP contribution < -0.4 is 4.90 Å². The van der Waals surface area contributed by atoms with Gasteiger partial charge in [-0.05, 0) is 111 Å². The summed E-state index contributed by atoms with van der Waals surface area (Å²) in [6, 6.07) is 79.7. The molecule has 0 fully saturated rings. The van der Waals surface area contributed by atoms with E-state index in [1.54, 1.807) is 0 Å². The summed E-state index contributed by atoms with van der Waals surface area (Å²) >= 11 is 0. The minimum Gasteiger partial charge on any atom is -0.310 e. The quantitative estimate of drug-likeness (QED) is 0.157. The smallest absolute Gasteiger partial charge is 0.0541 e. The molecule has 1 aliphatic carbocycles. The largest absolute Gasteiger partial charge is 0.310 e. The van der Waals surface area contributed by atoms with Crippen LogP contribution in [0.4, 0.5) is 17.1 Å². The fraction of sp³-hybridized carbons (Fsp3) is 0.0526. The van der Waals surface area contributed by atoms with E-state index < -0.39 is 0 Å². The lowest BCUT2D eigenvalue weighted by Gasteiger charge is -2.29. The molecular weight excluding hydrogens is 713 g/mol. The van der Waals surface area contributed by atoms with Crippen molar-refractivity contribution in [2.24, 2.45) is 0 Å². The Labute approximate surface area is 345 Å². The van der Waals surface area contributed by atoms with Crippen molar-refractivity contribution in [3.05, 3.63) is 230 Å². The number of nitrogens with zero attached hydrogens (tertiary/aromatic N) is 2. The molecule has 2 nitrogen and oxygen atoms in total. The highest BCUT2D eigenvalue weighted by Gasteiger charge is 2.37. The van der Waals surface area contributed by atoms with Crippen LogP contribution in [-0.2, 0) is 5.41 Å². The molecule has 0 aliphatic heterocycles. The molecule has 0 radical (unpaired) electrons. The van der Waals surface area contributed by atoms with Gasteiger partial charge in [0.15, 0.2) is 0 Å². The van der Waals surface area contributed by atoms with Gasteiger partial charge in [0, 0.05) is 38.8 Å². The van der Waals surface area contributed by atoms with Gasteiger partial charge in [-0.1, -0.05) is 172 Å². The molecule has 9 aromatic carbocycles. The Kier molecular flexibility index (Phi) is 8.20. The summed E-state index contributed by atoms with van der Waals surface area (Å²) in [5.41, 5.74) is 19.3. The van der Waals surface area contributed by atoms with Crippen molar-refractivity contribution < 1.29 is 0 Å². The van der Waals surface area contributed by atoms with Gasteiger partial charge in [0.2, 0.25) is 0 Å². The lowest BCUT2D eigenvalue weighted by Crippen LogP contribution is -2.17. The van der Waals surface area contributed by atoms with Gasteiger partial charge < -0.3 is 9.47 Å². The molecule has 10 aromatic rings. The minimum atomic E-state index is -0.231. The molecule has 1 aliphatic rings. The standard InChI is InChI=1S/C57H42N2/c1-57(2)52-37-45(58(44-20-10-5-11-21-44)54-24-14-12-22-47(54)42-28-26-41(27-29-42)39-16-6-3-7-17-39)31-33-48(52)49-34-32-46(38-53(49)57)59-55-25-15-13-23-50(55)51-36-43(30-35-56(51)59)40-18-8-4-9-19-40/h3-38H,1-2H3. The van der Waals surface area contributed by atoms with Crippen LogP contribution in [0.3, 0.4) is 0 Å².